The van der Waals surface area contributed by atoms with Crippen LogP contribution in [0.2, 0.25) is 0 Å². The van der Waals surface area contributed by atoms with E-state index in [-0.39, 0.29) is 5.91 Å². The third-order valence-corrected chi connectivity index (χ3v) is 3.04. The number of rotatable bonds is 5. The Hall–Kier alpha value is -2.30. The Morgan fingerprint density at radius 1 is 1.35 bits per heavy atom. The van der Waals surface area contributed by atoms with Crippen LogP contribution in [0.3, 0.4) is 0 Å². The van der Waals surface area contributed by atoms with Gasteiger partial charge in [0.2, 0.25) is 5.91 Å². The Labute approximate surface area is 118 Å². The van der Waals surface area contributed by atoms with Crippen molar-refractivity contribution in [2.45, 2.75) is 13.3 Å². The number of nitrogens with two attached hydrogens (primary N) is 1. The minimum atomic E-state index is 0.00792. The van der Waals surface area contributed by atoms with E-state index in [0.29, 0.717) is 13.1 Å². The van der Waals surface area contributed by atoms with Gasteiger partial charge in [-0.15, -0.1) is 0 Å². The molecule has 0 atom stereocenters. The molecule has 1 aromatic heterocycles. The molecule has 2 rings (SSSR count). The number of nitrogens with one attached hydrogen (secondary N) is 1. The van der Waals surface area contributed by atoms with Crippen LogP contribution in [0.25, 0.3) is 10.9 Å². The van der Waals surface area contributed by atoms with Crippen LogP contribution in [0, 0.1) is 0 Å². The van der Waals surface area contributed by atoms with Crippen LogP contribution >= 0.6 is 0 Å². The summed E-state index contributed by atoms with van der Waals surface area (Å²) in [4.78, 5) is 18.1. The highest BCUT2D eigenvalue weighted by Gasteiger charge is 2.08. The van der Waals surface area contributed by atoms with E-state index >= 15 is 0 Å². The molecule has 0 saturated heterocycles. The van der Waals surface area contributed by atoms with E-state index in [1.807, 2.05) is 49.2 Å². The lowest BCUT2D eigenvalue weighted by Gasteiger charge is -2.18. The van der Waals surface area contributed by atoms with Crippen molar-refractivity contribution in [3.63, 3.8) is 0 Å². The van der Waals surface area contributed by atoms with Gasteiger partial charge < -0.3 is 16.0 Å². The molecule has 2 aromatic rings. The van der Waals surface area contributed by atoms with E-state index in [9.17, 15) is 4.79 Å². The van der Waals surface area contributed by atoms with Gasteiger partial charge in [0.1, 0.15) is 5.82 Å². The quantitative estimate of drug-likeness (QED) is 0.814. The van der Waals surface area contributed by atoms with Crippen molar-refractivity contribution in [3.05, 3.63) is 30.3 Å². The number of aromatic nitrogens is 1. The highest BCUT2D eigenvalue weighted by Crippen LogP contribution is 2.19. The molecule has 0 aliphatic rings. The van der Waals surface area contributed by atoms with Crippen LogP contribution < -0.4 is 16.0 Å². The summed E-state index contributed by atoms with van der Waals surface area (Å²) in [7, 11) is 1.86. The zero-order chi connectivity index (χ0) is 14.5. The summed E-state index contributed by atoms with van der Waals surface area (Å²) in [5.74, 6) is 0.780. The van der Waals surface area contributed by atoms with E-state index in [4.69, 9.17) is 5.73 Å². The van der Waals surface area contributed by atoms with Gasteiger partial charge in [-0.25, -0.2) is 4.98 Å². The number of fused-ring (bicyclic) bond motifs is 1. The smallest absolute Gasteiger partial charge is 0.239 e. The summed E-state index contributed by atoms with van der Waals surface area (Å²) < 4.78 is 0. The zero-order valence-electron chi connectivity index (χ0n) is 11.9. The number of pyridine rings is 1. The molecule has 5 heteroatoms. The minimum absolute atomic E-state index is 0.00792. The van der Waals surface area contributed by atoms with Gasteiger partial charge in [0.05, 0.1) is 12.1 Å². The summed E-state index contributed by atoms with van der Waals surface area (Å²) in [6.07, 6.45) is 0.936. The number of carbonyl (C=O) groups is 1. The normalized spacial score (nSPS) is 10.5. The number of nitrogen functional groups attached to an aromatic ring is 1. The monoisotopic (exact) mass is 272 g/mol. The summed E-state index contributed by atoms with van der Waals surface area (Å²) >= 11 is 0. The first kappa shape index (κ1) is 14.1. The number of anilines is 2. The molecule has 0 aliphatic heterocycles. The van der Waals surface area contributed by atoms with Gasteiger partial charge in [0.15, 0.2) is 0 Å². The lowest BCUT2D eigenvalue weighted by atomic mass is 10.2. The van der Waals surface area contributed by atoms with E-state index in [1.54, 1.807) is 0 Å². The first-order valence-electron chi connectivity index (χ1n) is 6.74. The van der Waals surface area contributed by atoms with Crippen molar-refractivity contribution in [2.24, 2.45) is 0 Å². The Morgan fingerprint density at radius 2 is 2.15 bits per heavy atom. The molecule has 0 fully saturated rings. The number of nitrogens with zero attached hydrogens (tertiary/aromatic N) is 2. The van der Waals surface area contributed by atoms with Crippen LogP contribution in [0.15, 0.2) is 30.3 Å². The Kier molecular flexibility index (Phi) is 4.40. The lowest BCUT2D eigenvalue weighted by Crippen LogP contribution is -2.35. The van der Waals surface area contributed by atoms with Crippen LogP contribution in [0.1, 0.15) is 13.3 Å². The van der Waals surface area contributed by atoms with Crippen molar-refractivity contribution in [1.29, 1.82) is 0 Å². The van der Waals surface area contributed by atoms with E-state index < -0.39 is 0 Å². The van der Waals surface area contributed by atoms with Crippen molar-refractivity contribution >= 4 is 28.3 Å². The average Bonchev–Trinajstić information content (AvgIpc) is 2.44. The fourth-order valence-electron chi connectivity index (χ4n) is 1.96. The van der Waals surface area contributed by atoms with Crippen molar-refractivity contribution in [1.82, 2.24) is 10.3 Å². The van der Waals surface area contributed by atoms with Gasteiger partial charge in [0.25, 0.3) is 0 Å². The first-order valence-corrected chi connectivity index (χ1v) is 6.74. The molecule has 0 aliphatic carbocycles. The average molecular weight is 272 g/mol. The van der Waals surface area contributed by atoms with Crippen molar-refractivity contribution < 1.29 is 4.79 Å². The molecular formula is C15H20N4O. The van der Waals surface area contributed by atoms with E-state index in [2.05, 4.69) is 10.3 Å². The third-order valence-electron chi connectivity index (χ3n) is 3.04. The maximum atomic E-state index is 11.7. The number of benzene rings is 1. The molecule has 3 N–H and O–H groups in total. The number of likely N-dealkylation sites (N-methyl/N-ethyl adjacent to an activating group) is 1. The second-order valence-electron chi connectivity index (χ2n) is 4.83. The number of amides is 1. The standard InChI is InChI=1S/C15H20N4O/c1-3-8-17-15(20)10-19(2)14-7-4-11-9-12(16)5-6-13(11)18-14/h4-7,9H,3,8,10,16H2,1-2H3,(H,17,20). The highest BCUT2D eigenvalue weighted by atomic mass is 16.2. The summed E-state index contributed by atoms with van der Waals surface area (Å²) in [6.45, 7) is 3.03. The van der Waals surface area contributed by atoms with Gasteiger partial charge in [-0.3, -0.25) is 4.79 Å². The SMILES string of the molecule is CCCNC(=O)CN(C)c1ccc2cc(N)ccc2n1. The molecule has 0 unspecified atom stereocenters. The third kappa shape index (κ3) is 3.38. The molecule has 106 valence electrons. The fraction of sp³-hybridized carbons (Fsp3) is 0.333. The second-order valence-corrected chi connectivity index (χ2v) is 4.83. The summed E-state index contributed by atoms with van der Waals surface area (Å²) in [5.41, 5.74) is 7.34. The van der Waals surface area contributed by atoms with Gasteiger partial charge >= 0.3 is 0 Å². The van der Waals surface area contributed by atoms with Gasteiger partial charge in [-0.1, -0.05) is 6.92 Å². The summed E-state index contributed by atoms with van der Waals surface area (Å²) in [6, 6.07) is 9.47. The van der Waals surface area contributed by atoms with Crippen LogP contribution in [0.4, 0.5) is 11.5 Å². The summed E-state index contributed by atoms with van der Waals surface area (Å²) in [5, 5.41) is 3.85. The second kappa shape index (κ2) is 6.23. The molecule has 0 bridgehead atoms. The maximum absolute atomic E-state index is 11.7. The molecule has 0 saturated carbocycles. The highest BCUT2D eigenvalue weighted by molar-refractivity contribution is 5.85. The Bertz CT molecular complexity index is 612. The van der Waals surface area contributed by atoms with Crippen LogP contribution in [-0.4, -0.2) is 31.0 Å². The molecular weight excluding hydrogens is 252 g/mol. The fourth-order valence-corrected chi connectivity index (χ4v) is 1.96. The first-order chi connectivity index (χ1) is 9.60. The van der Waals surface area contributed by atoms with E-state index in [1.165, 1.54) is 0 Å². The van der Waals surface area contributed by atoms with Crippen molar-refractivity contribution in [2.75, 3.05) is 30.8 Å². The number of hydrogen-bond donors (Lipinski definition) is 2. The topological polar surface area (TPSA) is 71.2 Å². The van der Waals surface area contributed by atoms with Gasteiger partial charge in [0, 0.05) is 24.7 Å². The molecule has 20 heavy (non-hydrogen) atoms. The molecule has 1 amide bonds. The number of hydrogen-bond acceptors (Lipinski definition) is 4. The predicted octanol–water partition coefficient (Wildman–Crippen LogP) is 1.78. The van der Waals surface area contributed by atoms with Crippen molar-refractivity contribution in [3.8, 4) is 0 Å². The number of carbonyl (C=O) groups excluding carboxylic acids is 1. The maximum Gasteiger partial charge on any atom is 0.239 e. The zero-order valence-corrected chi connectivity index (χ0v) is 11.9. The van der Waals surface area contributed by atoms with Crippen LogP contribution in [0.5, 0.6) is 0 Å². The van der Waals surface area contributed by atoms with Gasteiger partial charge in [-0.05, 0) is 36.8 Å². The lowest BCUT2D eigenvalue weighted by molar-refractivity contribution is -0.119. The Balaban J connectivity index is 2.12. The van der Waals surface area contributed by atoms with Crippen LogP contribution in [-0.2, 0) is 4.79 Å². The molecule has 1 heterocycles. The Morgan fingerprint density at radius 3 is 2.90 bits per heavy atom. The molecule has 5 nitrogen and oxygen atoms in total. The minimum Gasteiger partial charge on any atom is -0.399 e. The molecule has 0 radical (unpaired) electrons. The van der Waals surface area contributed by atoms with E-state index in [0.717, 1.165) is 28.8 Å². The molecule has 0 spiro atoms. The molecule has 1 aromatic carbocycles. The van der Waals surface area contributed by atoms with Gasteiger partial charge in [-0.2, -0.15) is 0 Å². The largest absolute Gasteiger partial charge is 0.399 e. The predicted molar refractivity (Wildman–Crippen MR) is 82.7 cm³/mol.